The molecule has 0 radical (unpaired) electrons. The van der Waals surface area contributed by atoms with Crippen molar-refractivity contribution in [3.63, 3.8) is 0 Å². The summed E-state index contributed by atoms with van der Waals surface area (Å²) in [6.07, 6.45) is 2.21. The maximum absolute atomic E-state index is 15.8. The lowest BCUT2D eigenvalue weighted by Gasteiger charge is -2.36. The second-order valence-electron chi connectivity index (χ2n) is 14.5. The molecule has 300 valence electrons. The van der Waals surface area contributed by atoms with Crippen LogP contribution in [0.15, 0.2) is 96.2 Å². The van der Waals surface area contributed by atoms with Gasteiger partial charge in [-0.25, -0.2) is 32.6 Å². The Bertz CT molecular complexity index is 2520. The minimum atomic E-state index is -1.49. The van der Waals surface area contributed by atoms with E-state index in [1.165, 1.54) is 66.0 Å². The largest absolute Gasteiger partial charge is 0.497 e. The smallest absolute Gasteiger partial charge is 0.410 e. The SMILES string of the molecule is COc1ccc(Cn2nc(N[C@H]3CCN(C(=O)OC(C)(C)C)C[C@@H]3F)c3c(Oc4ccc(NC(=O)c5nccn(-c6ccc(F)cc6)c5=O)cc4F)ccnc32)cc1. The van der Waals surface area contributed by atoms with Gasteiger partial charge in [0.25, 0.3) is 11.5 Å². The van der Waals surface area contributed by atoms with E-state index < -0.39 is 52.7 Å². The van der Waals surface area contributed by atoms with Crippen molar-refractivity contribution in [1.82, 2.24) is 29.2 Å². The summed E-state index contributed by atoms with van der Waals surface area (Å²) in [5.41, 5.74) is -0.412. The van der Waals surface area contributed by atoms with Gasteiger partial charge in [-0.05, 0) is 81.3 Å². The fraction of sp³-hybridized carbons (Fsp3) is 0.268. The highest BCUT2D eigenvalue weighted by Gasteiger charge is 2.35. The monoisotopic (exact) mass is 796 g/mol. The third-order valence-corrected chi connectivity index (χ3v) is 9.17. The molecule has 0 saturated carbocycles. The third-order valence-electron chi connectivity index (χ3n) is 9.17. The molecule has 1 aliphatic rings. The maximum Gasteiger partial charge on any atom is 0.410 e. The van der Waals surface area contributed by atoms with Crippen molar-refractivity contribution in [2.45, 2.75) is 51.6 Å². The Balaban J connectivity index is 1.14. The number of carbonyl (C=O) groups is 2. The van der Waals surface area contributed by atoms with Crippen LogP contribution in [-0.2, 0) is 11.3 Å². The second-order valence-corrected chi connectivity index (χ2v) is 14.5. The van der Waals surface area contributed by atoms with Crippen molar-refractivity contribution in [3.05, 3.63) is 125 Å². The van der Waals surface area contributed by atoms with E-state index in [0.29, 0.717) is 22.5 Å². The minimum Gasteiger partial charge on any atom is -0.497 e. The first-order valence-electron chi connectivity index (χ1n) is 18.3. The van der Waals surface area contributed by atoms with Crippen LogP contribution in [0.25, 0.3) is 16.7 Å². The van der Waals surface area contributed by atoms with Gasteiger partial charge in [-0.3, -0.25) is 14.2 Å². The summed E-state index contributed by atoms with van der Waals surface area (Å²) >= 11 is 0. The Labute approximate surface area is 330 Å². The molecular weight excluding hydrogens is 757 g/mol. The van der Waals surface area contributed by atoms with Crippen LogP contribution in [0.2, 0.25) is 0 Å². The zero-order valence-corrected chi connectivity index (χ0v) is 31.9. The number of likely N-dealkylation sites (tertiary alicyclic amines) is 1. The van der Waals surface area contributed by atoms with E-state index in [1.807, 2.05) is 24.3 Å². The van der Waals surface area contributed by atoms with Gasteiger partial charge in [0.15, 0.2) is 28.7 Å². The lowest BCUT2D eigenvalue weighted by Crippen LogP contribution is -2.51. The summed E-state index contributed by atoms with van der Waals surface area (Å²) in [7, 11) is 1.57. The van der Waals surface area contributed by atoms with Crippen molar-refractivity contribution in [1.29, 1.82) is 0 Å². The number of pyridine rings is 1. The van der Waals surface area contributed by atoms with Gasteiger partial charge in [-0.2, -0.15) is 5.10 Å². The maximum atomic E-state index is 15.8. The number of piperidine rings is 1. The summed E-state index contributed by atoms with van der Waals surface area (Å²) in [5, 5.41) is 10.8. The van der Waals surface area contributed by atoms with Crippen LogP contribution in [0.5, 0.6) is 17.2 Å². The quantitative estimate of drug-likeness (QED) is 0.147. The van der Waals surface area contributed by atoms with Crippen LogP contribution >= 0.6 is 0 Å². The molecule has 3 aromatic heterocycles. The van der Waals surface area contributed by atoms with Gasteiger partial charge in [0, 0.05) is 48.6 Å². The number of nitrogens with one attached hydrogen (secondary N) is 2. The van der Waals surface area contributed by atoms with Crippen LogP contribution in [0.3, 0.4) is 0 Å². The number of anilines is 2. The summed E-state index contributed by atoms with van der Waals surface area (Å²) in [5.74, 6) is -1.40. The fourth-order valence-electron chi connectivity index (χ4n) is 6.35. The second kappa shape index (κ2) is 16.3. The predicted molar refractivity (Wildman–Crippen MR) is 209 cm³/mol. The van der Waals surface area contributed by atoms with E-state index in [2.05, 4.69) is 20.6 Å². The number of ether oxygens (including phenoxy) is 3. The highest BCUT2D eigenvalue weighted by atomic mass is 19.1. The fourth-order valence-corrected chi connectivity index (χ4v) is 6.35. The van der Waals surface area contributed by atoms with Gasteiger partial charge in [-0.15, -0.1) is 0 Å². The number of benzene rings is 3. The molecule has 14 nitrogen and oxygen atoms in total. The van der Waals surface area contributed by atoms with Crippen molar-refractivity contribution >= 4 is 34.5 Å². The number of methoxy groups -OCH3 is 1. The molecule has 2 atom stereocenters. The van der Waals surface area contributed by atoms with Crippen molar-refractivity contribution in [2.24, 2.45) is 0 Å². The molecule has 7 rings (SSSR count). The van der Waals surface area contributed by atoms with E-state index >= 15 is 8.78 Å². The molecule has 2 N–H and O–H groups in total. The Kier molecular flexibility index (Phi) is 11.0. The van der Waals surface area contributed by atoms with Crippen LogP contribution in [-0.4, -0.2) is 79.2 Å². The molecule has 1 fully saturated rings. The number of fused-ring (bicyclic) bond motifs is 1. The summed E-state index contributed by atoms with van der Waals surface area (Å²) < 4.78 is 64.5. The number of nitrogens with zero attached hydrogens (tertiary/aromatic N) is 6. The topological polar surface area (TPSA) is 155 Å². The molecule has 0 aliphatic carbocycles. The zero-order chi connectivity index (χ0) is 41.1. The van der Waals surface area contributed by atoms with Crippen molar-refractivity contribution in [2.75, 3.05) is 30.8 Å². The number of halogens is 3. The van der Waals surface area contributed by atoms with E-state index in [-0.39, 0.29) is 49.1 Å². The molecule has 6 aromatic rings. The van der Waals surface area contributed by atoms with Gasteiger partial charge in [0.1, 0.15) is 34.5 Å². The predicted octanol–water partition coefficient (Wildman–Crippen LogP) is 7.12. The Morgan fingerprint density at radius 3 is 2.40 bits per heavy atom. The standard InChI is InChI=1S/C41H39F3N8O6/c1-41(2,3)58-40(55)50-19-16-31(30(44)23-50)48-36-34-33(15-17-46-37(34)52(49-36)22-24-5-12-28(56-4)13-6-24)57-32-14-9-26(21-29(32)43)47-38(53)35-39(54)51(20-18-45-35)27-10-7-25(42)8-11-27/h5-15,17-18,20-21,30-31H,16,19,22-23H2,1-4H3,(H,47,53)(H,48,49)/t30-,31-/m0/s1. The summed E-state index contributed by atoms with van der Waals surface area (Å²) in [6.45, 7) is 5.53. The highest BCUT2D eigenvalue weighted by Crippen LogP contribution is 2.37. The van der Waals surface area contributed by atoms with Crippen molar-refractivity contribution in [3.8, 4) is 22.9 Å². The van der Waals surface area contributed by atoms with Gasteiger partial charge in [-0.1, -0.05) is 12.1 Å². The first-order valence-corrected chi connectivity index (χ1v) is 18.3. The summed E-state index contributed by atoms with van der Waals surface area (Å²) in [4.78, 5) is 48.7. The molecule has 0 spiro atoms. The Morgan fingerprint density at radius 2 is 1.71 bits per heavy atom. The number of amides is 2. The van der Waals surface area contributed by atoms with Crippen LogP contribution in [0.1, 0.15) is 43.2 Å². The van der Waals surface area contributed by atoms with Gasteiger partial charge < -0.3 is 29.7 Å². The minimum absolute atomic E-state index is 0.00879. The van der Waals surface area contributed by atoms with E-state index in [0.717, 1.165) is 16.2 Å². The van der Waals surface area contributed by atoms with E-state index in [4.69, 9.17) is 19.3 Å². The molecule has 3 aromatic carbocycles. The third kappa shape index (κ3) is 8.72. The Morgan fingerprint density at radius 1 is 0.948 bits per heavy atom. The zero-order valence-electron chi connectivity index (χ0n) is 31.9. The van der Waals surface area contributed by atoms with Gasteiger partial charge in [0.05, 0.1) is 26.2 Å². The average molecular weight is 797 g/mol. The van der Waals surface area contributed by atoms with E-state index in [9.17, 15) is 18.8 Å². The number of carbonyl (C=O) groups excluding carboxylic acids is 2. The molecule has 1 aliphatic heterocycles. The van der Waals surface area contributed by atoms with Gasteiger partial charge >= 0.3 is 6.09 Å². The van der Waals surface area contributed by atoms with Crippen LogP contribution in [0.4, 0.5) is 29.5 Å². The van der Waals surface area contributed by atoms with Crippen molar-refractivity contribution < 1.29 is 37.0 Å². The lowest BCUT2D eigenvalue weighted by atomic mass is 10.0. The molecule has 1 saturated heterocycles. The lowest BCUT2D eigenvalue weighted by molar-refractivity contribution is 0.0125. The number of hydrogen-bond donors (Lipinski definition) is 2. The highest BCUT2D eigenvalue weighted by molar-refractivity contribution is 6.02. The molecular formula is C41H39F3N8O6. The molecule has 0 unspecified atom stereocenters. The number of rotatable bonds is 10. The first-order chi connectivity index (χ1) is 27.8. The number of aromatic nitrogens is 5. The molecule has 58 heavy (non-hydrogen) atoms. The van der Waals surface area contributed by atoms with Crippen LogP contribution in [0, 0.1) is 11.6 Å². The summed E-state index contributed by atoms with van der Waals surface area (Å²) in [6, 6.07) is 16.9. The van der Waals surface area contributed by atoms with E-state index in [1.54, 1.807) is 32.6 Å². The average Bonchev–Trinajstić information content (AvgIpc) is 3.53. The Hall–Kier alpha value is -6.91. The normalized spacial score (nSPS) is 15.5. The van der Waals surface area contributed by atoms with Gasteiger partial charge in [0.2, 0.25) is 0 Å². The molecule has 0 bridgehead atoms. The molecule has 2 amide bonds. The molecule has 4 heterocycles. The van der Waals surface area contributed by atoms with Crippen LogP contribution < -0.4 is 25.7 Å². The number of hydrogen-bond acceptors (Lipinski definition) is 10. The number of alkyl halides is 1. The first kappa shape index (κ1) is 39.3. The molecule has 17 heteroatoms.